The minimum absolute atomic E-state index is 0.0516. The highest BCUT2D eigenvalue weighted by Gasteiger charge is 2.45. The van der Waals surface area contributed by atoms with E-state index in [1.54, 1.807) is 6.92 Å². The first-order chi connectivity index (χ1) is 9.05. The van der Waals surface area contributed by atoms with Crippen molar-refractivity contribution in [1.29, 1.82) is 0 Å². The molecule has 0 aliphatic carbocycles. The van der Waals surface area contributed by atoms with Gasteiger partial charge in [-0.25, -0.2) is 8.37 Å². The van der Waals surface area contributed by atoms with Crippen molar-refractivity contribution in [1.82, 2.24) is 0 Å². The van der Waals surface area contributed by atoms with Gasteiger partial charge in [-0.15, -0.1) is 0 Å². The van der Waals surface area contributed by atoms with Gasteiger partial charge < -0.3 is 9.47 Å². The normalized spacial score (nSPS) is 37.5. The van der Waals surface area contributed by atoms with Crippen molar-refractivity contribution in [2.45, 2.75) is 31.5 Å². The third-order valence-corrected chi connectivity index (χ3v) is 4.03. The van der Waals surface area contributed by atoms with E-state index < -0.39 is 35.0 Å². The van der Waals surface area contributed by atoms with Gasteiger partial charge in [-0.05, 0) is 6.92 Å². The monoisotopic (exact) mass is 286 g/mol. The number of fused-ring (bicyclic) bond motifs is 1. The zero-order valence-corrected chi connectivity index (χ0v) is 11.1. The molecular formula is C12H14O6S. The Balaban J connectivity index is 1.79. The molecule has 19 heavy (non-hydrogen) atoms. The summed E-state index contributed by atoms with van der Waals surface area (Å²) in [4.78, 5) is 0. The van der Waals surface area contributed by atoms with Crippen LogP contribution in [0.4, 0.5) is 0 Å². The Morgan fingerprint density at radius 1 is 1.16 bits per heavy atom. The van der Waals surface area contributed by atoms with Gasteiger partial charge in [0, 0.05) is 5.56 Å². The molecule has 2 aliphatic rings. The third kappa shape index (κ3) is 2.65. The largest absolute Gasteiger partial charge is 0.400 e. The minimum Gasteiger partial charge on any atom is -0.343 e. The first-order valence-electron chi connectivity index (χ1n) is 5.99. The highest BCUT2D eigenvalue weighted by molar-refractivity contribution is 7.81. The van der Waals surface area contributed by atoms with Crippen LogP contribution in [0.5, 0.6) is 0 Å². The van der Waals surface area contributed by atoms with Crippen LogP contribution in [0.15, 0.2) is 30.3 Å². The zero-order valence-electron chi connectivity index (χ0n) is 10.3. The summed E-state index contributed by atoms with van der Waals surface area (Å²) < 4.78 is 43.4. The first kappa shape index (κ1) is 13.0. The van der Waals surface area contributed by atoms with Crippen LogP contribution in [0.3, 0.4) is 0 Å². The smallest absolute Gasteiger partial charge is 0.343 e. The Kier molecular flexibility index (Phi) is 3.32. The number of hydrogen-bond donors (Lipinski definition) is 0. The summed E-state index contributed by atoms with van der Waals surface area (Å²) in [6.45, 7) is 1.71. The fourth-order valence-electron chi connectivity index (χ4n) is 2.20. The summed E-state index contributed by atoms with van der Waals surface area (Å²) in [6, 6.07) is 9.45. The van der Waals surface area contributed by atoms with Gasteiger partial charge in [0.05, 0.1) is 12.7 Å². The topological polar surface area (TPSA) is 71.1 Å². The molecule has 2 heterocycles. The van der Waals surface area contributed by atoms with Crippen molar-refractivity contribution in [3.05, 3.63) is 35.9 Å². The highest BCUT2D eigenvalue weighted by atomic mass is 32.3. The van der Waals surface area contributed by atoms with Gasteiger partial charge in [-0.2, -0.15) is 8.42 Å². The maximum absolute atomic E-state index is 11.2. The SMILES string of the molecule is CC1OC(c2ccccc2)O[C@@H]2COS(=O)(=O)OC12. The van der Waals surface area contributed by atoms with Crippen LogP contribution in [0.25, 0.3) is 0 Å². The molecule has 1 aromatic rings. The van der Waals surface area contributed by atoms with Gasteiger partial charge >= 0.3 is 10.4 Å². The molecule has 0 amide bonds. The minimum atomic E-state index is -3.93. The molecule has 1 aromatic carbocycles. The number of hydrogen-bond acceptors (Lipinski definition) is 6. The van der Waals surface area contributed by atoms with Gasteiger partial charge in [0.1, 0.15) is 12.2 Å². The lowest BCUT2D eigenvalue weighted by atomic mass is 10.1. The molecule has 2 saturated heterocycles. The Morgan fingerprint density at radius 2 is 1.89 bits per heavy atom. The average Bonchev–Trinajstić information content (AvgIpc) is 2.40. The van der Waals surface area contributed by atoms with E-state index >= 15 is 0 Å². The van der Waals surface area contributed by atoms with Gasteiger partial charge in [0.2, 0.25) is 0 Å². The molecule has 6 nitrogen and oxygen atoms in total. The van der Waals surface area contributed by atoms with Gasteiger partial charge in [-0.3, -0.25) is 0 Å². The van der Waals surface area contributed by atoms with Crippen molar-refractivity contribution in [3.63, 3.8) is 0 Å². The molecule has 0 N–H and O–H groups in total. The van der Waals surface area contributed by atoms with Crippen molar-refractivity contribution in [3.8, 4) is 0 Å². The molecule has 3 rings (SSSR count). The van der Waals surface area contributed by atoms with E-state index in [0.717, 1.165) is 5.56 Å². The highest BCUT2D eigenvalue weighted by Crippen LogP contribution is 2.34. The van der Waals surface area contributed by atoms with Gasteiger partial charge in [-0.1, -0.05) is 30.3 Å². The van der Waals surface area contributed by atoms with Crippen LogP contribution in [0.2, 0.25) is 0 Å². The Bertz CT molecular complexity index is 543. The molecule has 2 fully saturated rings. The lowest BCUT2D eigenvalue weighted by Gasteiger charge is -2.41. The molecule has 0 radical (unpaired) electrons. The number of ether oxygens (including phenoxy) is 2. The molecule has 0 aromatic heterocycles. The van der Waals surface area contributed by atoms with Crippen LogP contribution < -0.4 is 0 Å². The lowest BCUT2D eigenvalue weighted by Crippen LogP contribution is -2.53. The Labute approximate surface area is 111 Å². The van der Waals surface area contributed by atoms with E-state index in [-0.39, 0.29) is 6.61 Å². The fraction of sp³-hybridized carbons (Fsp3) is 0.500. The number of benzene rings is 1. The van der Waals surface area contributed by atoms with Crippen LogP contribution in [-0.4, -0.2) is 33.3 Å². The summed E-state index contributed by atoms with van der Waals surface area (Å²) in [5.74, 6) is 0. The van der Waals surface area contributed by atoms with Crippen LogP contribution >= 0.6 is 0 Å². The van der Waals surface area contributed by atoms with E-state index in [2.05, 4.69) is 4.18 Å². The summed E-state index contributed by atoms with van der Waals surface area (Å²) >= 11 is 0. The van der Waals surface area contributed by atoms with E-state index in [1.807, 2.05) is 30.3 Å². The summed E-state index contributed by atoms with van der Waals surface area (Å²) in [7, 11) is -3.93. The molecule has 0 saturated carbocycles. The van der Waals surface area contributed by atoms with Crippen LogP contribution in [0, 0.1) is 0 Å². The maximum Gasteiger partial charge on any atom is 0.400 e. The van der Waals surface area contributed by atoms with E-state index in [4.69, 9.17) is 13.7 Å². The second kappa shape index (κ2) is 4.84. The second-order valence-electron chi connectivity index (χ2n) is 4.51. The quantitative estimate of drug-likeness (QED) is 0.771. The predicted octanol–water partition coefficient (Wildman–Crippen LogP) is 1.15. The van der Waals surface area contributed by atoms with Gasteiger partial charge in [0.25, 0.3) is 0 Å². The van der Waals surface area contributed by atoms with Crippen LogP contribution in [0.1, 0.15) is 18.8 Å². The van der Waals surface area contributed by atoms with Crippen LogP contribution in [-0.2, 0) is 28.2 Å². The first-order valence-corrected chi connectivity index (χ1v) is 7.32. The van der Waals surface area contributed by atoms with Gasteiger partial charge in [0.15, 0.2) is 6.29 Å². The van der Waals surface area contributed by atoms with E-state index in [1.165, 1.54) is 0 Å². The Morgan fingerprint density at radius 3 is 2.63 bits per heavy atom. The van der Waals surface area contributed by atoms with Crippen molar-refractivity contribution in [2.75, 3.05) is 6.61 Å². The molecule has 4 atom stereocenters. The molecule has 7 heteroatoms. The summed E-state index contributed by atoms with van der Waals surface area (Å²) in [6.07, 6.45) is -2.07. The molecule has 3 unspecified atom stereocenters. The molecule has 2 aliphatic heterocycles. The summed E-state index contributed by atoms with van der Waals surface area (Å²) in [5, 5.41) is 0. The van der Waals surface area contributed by atoms with Crippen molar-refractivity contribution in [2.24, 2.45) is 0 Å². The fourth-order valence-corrected chi connectivity index (χ4v) is 3.11. The number of rotatable bonds is 1. The molecule has 0 spiro atoms. The second-order valence-corrected chi connectivity index (χ2v) is 5.76. The van der Waals surface area contributed by atoms with Crippen molar-refractivity contribution >= 4 is 10.4 Å². The molecule has 104 valence electrons. The van der Waals surface area contributed by atoms with E-state index in [9.17, 15) is 8.42 Å². The summed E-state index contributed by atoms with van der Waals surface area (Å²) in [5.41, 5.74) is 0.876. The Hall–Kier alpha value is -0.990. The van der Waals surface area contributed by atoms with E-state index in [0.29, 0.717) is 0 Å². The maximum atomic E-state index is 11.2. The van der Waals surface area contributed by atoms with Crippen molar-refractivity contribution < 1.29 is 26.3 Å². The molecule has 0 bridgehead atoms. The lowest BCUT2D eigenvalue weighted by molar-refractivity contribution is -0.291. The zero-order chi connectivity index (χ0) is 13.5. The predicted molar refractivity (Wildman–Crippen MR) is 64.3 cm³/mol. The average molecular weight is 286 g/mol. The third-order valence-electron chi connectivity index (χ3n) is 3.14. The standard InChI is InChI=1S/C12H14O6S/c1-8-11-10(7-15-19(13,14)18-11)17-12(16-8)9-5-3-2-4-6-9/h2-6,8,10-12H,7H2,1H3/t8?,10-,11?,12?/m1/s1. The molecular weight excluding hydrogens is 272 g/mol.